The van der Waals surface area contributed by atoms with Gasteiger partial charge in [0.15, 0.2) is 0 Å². The lowest BCUT2D eigenvalue weighted by Gasteiger charge is -2.43. The fourth-order valence-corrected chi connectivity index (χ4v) is 11.5. The maximum atomic E-state index is 5.60. The highest BCUT2D eigenvalue weighted by Crippen LogP contribution is 2.53. The van der Waals surface area contributed by atoms with Gasteiger partial charge in [0.25, 0.3) is 6.71 Å². The number of aromatic nitrogens is 1. The first-order valence-electron chi connectivity index (χ1n) is 20.6. The first-order chi connectivity index (χ1) is 26.0. The van der Waals surface area contributed by atoms with Crippen molar-refractivity contribution >= 4 is 78.1 Å². The zero-order valence-electron chi connectivity index (χ0n) is 36.1. The third kappa shape index (κ3) is 5.62. The van der Waals surface area contributed by atoms with Crippen molar-refractivity contribution < 1.29 is 0 Å². The highest BCUT2D eigenvalue weighted by molar-refractivity contribution is 7.33. The average Bonchev–Trinajstić information content (AvgIpc) is 3.56. The van der Waals surface area contributed by atoms with E-state index in [2.05, 4.69) is 192 Å². The van der Waals surface area contributed by atoms with Crippen LogP contribution in [-0.4, -0.2) is 11.7 Å². The lowest BCUT2D eigenvalue weighted by molar-refractivity contribution is 0.403. The van der Waals surface area contributed by atoms with Gasteiger partial charge in [-0.25, -0.2) is 4.98 Å². The van der Waals surface area contributed by atoms with E-state index in [9.17, 15) is 0 Å². The van der Waals surface area contributed by atoms with Crippen LogP contribution in [0.1, 0.15) is 130 Å². The standard InChI is InChI=1S/C51H58BN3S/c1-30-25-41-43-46(53-30)55(35-21-22-37-38(28-35)51(13,14)29-50(37,11)12)44-36-26-32(48(5,6)7)18-24-42(36)56-45(44)52(43)39-27-33(49(8,9)10)17-23-40(39)54(41)34-19-15-31(16-20-34)47(2,3)4/h15-28H,29H2,1-14H3. The van der Waals surface area contributed by atoms with Gasteiger partial charge in [-0.3, -0.25) is 4.90 Å². The number of anilines is 6. The van der Waals surface area contributed by atoms with Gasteiger partial charge >= 0.3 is 0 Å². The Morgan fingerprint density at radius 3 is 1.86 bits per heavy atom. The minimum absolute atomic E-state index is 0.000841. The van der Waals surface area contributed by atoms with Gasteiger partial charge in [-0.1, -0.05) is 126 Å². The van der Waals surface area contributed by atoms with Gasteiger partial charge in [0.05, 0.1) is 5.69 Å². The van der Waals surface area contributed by atoms with E-state index < -0.39 is 0 Å². The Morgan fingerprint density at radius 2 is 1.20 bits per heavy atom. The van der Waals surface area contributed by atoms with E-state index >= 15 is 0 Å². The molecule has 2 aromatic heterocycles. The monoisotopic (exact) mass is 755 g/mol. The summed E-state index contributed by atoms with van der Waals surface area (Å²) in [6, 6.07) is 33.5. The zero-order valence-corrected chi connectivity index (χ0v) is 36.9. The molecule has 0 saturated heterocycles. The Labute approximate surface area is 340 Å². The fraction of sp³-hybridized carbons (Fsp3) is 0.392. The second kappa shape index (κ2) is 11.9. The van der Waals surface area contributed by atoms with Crippen LogP contribution in [0.3, 0.4) is 0 Å². The van der Waals surface area contributed by atoms with Gasteiger partial charge in [-0.2, -0.15) is 0 Å². The van der Waals surface area contributed by atoms with E-state index in [0.717, 1.165) is 17.9 Å². The van der Waals surface area contributed by atoms with Crippen LogP contribution < -0.4 is 25.5 Å². The molecule has 4 aromatic carbocycles. The molecule has 0 N–H and O–H groups in total. The third-order valence-electron chi connectivity index (χ3n) is 13.0. The van der Waals surface area contributed by atoms with Crippen LogP contribution in [0.5, 0.6) is 0 Å². The van der Waals surface area contributed by atoms with E-state index in [0.29, 0.717) is 0 Å². The Bertz CT molecular complexity index is 2590. The van der Waals surface area contributed by atoms with Crippen molar-refractivity contribution in [2.45, 2.75) is 130 Å². The highest BCUT2D eigenvalue weighted by atomic mass is 32.1. The molecule has 0 saturated carbocycles. The molecule has 3 nitrogen and oxygen atoms in total. The SMILES string of the molecule is Cc1cc2c3c(n1)N(c1ccc4c(c1)C(C)(C)CC4(C)C)c1c(sc4ccc(C(C)(C)C)cc14)B3c1cc(C(C)(C)C)ccc1N2c1ccc(C(C)(C)C)cc1. The maximum Gasteiger partial charge on any atom is 0.266 e. The molecule has 0 amide bonds. The maximum absolute atomic E-state index is 5.60. The molecule has 0 unspecified atom stereocenters. The predicted octanol–water partition coefficient (Wildman–Crippen LogP) is 12.5. The van der Waals surface area contributed by atoms with Crippen molar-refractivity contribution in [2.24, 2.45) is 0 Å². The van der Waals surface area contributed by atoms with Crippen molar-refractivity contribution in [3.8, 4) is 0 Å². The van der Waals surface area contributed by atoms with Crippen molar-refractivity contribution in [2.75, 3.05) is 9.80 Å². The van der Waals surface area contributed by atoms with Crippen molar-refractivity contribution in [1.29, 1.82) is 0 Å². The van der Waals surface area contributed by atoms with Gasteiger partial charge in [0.1, 0.15) is 5.82 Å². The number of pyridine rings is 1. The Morgan fingerprint density at radius 1 is 0.607 bits per heavy atom. The molecular formula is C51H58BN3S. The third-order valence-corrected chi connectivity index (χ3v) is 14.2. The lowest BCUT2D eigenvalue weighted by Crippen LogP contribution is -2.61. The summed E-state index contributed by atoms with van der Waals surface area (Å²) in [5.41, 5.74) is 17.1. The summed E-state index contributed by atoms with van der Waals surface area (Å²) >= 11 is 1.98. The van der Waals surface area contributed by atoms with Crippen LogP contribution in [0, 0.1) is 6.92 Å². The minimum atomic E-state index is -0.000841. The lowest BCUT2D eigenvalue weighted by atomic mass is 9.36. The molecule has 0 bridgehead atoms. The number of nitrogens with zero attached hydrogens (tertiary/aromatic N) is 3. The van der Waals surface area contributed by atoms with Crippen LogP contribution in [0.2, 0.25) is 0 Å². The number of fused-ring (bicyclic) bond motifs is 7. The van der Waals surface area contributed by atoms with Crippen molar-refractivity contribution in [3.63, 3.8) is 0 Å². The van der Waals surface area contributed by atoms with Crippen LogP contribution in [0.25, 0.3) is 10.1 Å². The van der Waals surface area contributed by atoms with E-state index in [4.69, 9.17) is 4.98 Å². The topological polar surface area (TPSA) is 19.4 Å². The molecule has 9 rings (SSSR count). The van der Waals surface area contributed by atoms with Gasteiger partial charge in [-0.05, 0) is 128 Å². The molecule has 0 radical (unpaired) electrons. The molecule has 0 fully saturated rings. The van der Waals surface area contributed by atoms with Gasteiger partial charge in [0.2, 0.25) is 0 Å². The van der Waals surface area contributed by atoms with Crippen molar-refractivity contribution in [1.82, 2.24) is 4.98 Å². The number of thiophene rings is 1. The molecule has 56 heavy (non-hydrogen) atoms. The molecular weight excluding hydrogens is 697 g/mol. The number of hydrogen-bond donors (Lipinski definition) is 0. The van der Waals surface area contributed by atoms with Crippen LogP contribution in [0.15, 0.2) is 84.9 Å². The number of benzene rings is 4. The molecule has 1 aliphatic carbocycles. The molecule has 0 atom stereocenters. The molecule has 4 heterocycles. The minimum Gasteiger partial charge on any atom is -0.311 e. The summed E-state index contributed by atoms with van der Waals surface area (Å²) in [7, 11) is 0. The molecule has 0 spiro atoms. The summed E-state index contributed by atoms with van der Waals surface area (Å²) < 4.78 is 2.73. The molecule has 286 valence electrons. The normalized spacial score (nSPS) is 16.9. The van der Waals surface area contributed by atoms with E-state index in [-0.39, 0.29) is 33.8 Å². The zero-order chi connectivity index (χ0) is 40.1. The van der Waals surface area contributed by atoms with Crippen molar-refractivity contribution in [3.05, 3.63) is 118 Å². The van der Waals surface area contributed by atoms with E-state index in [1.54, 1.807) is 0 Å². The van der Waals surface area contributed by atoms with Gasteiger partial charge in [0, 0.05) is 43.3 Å². The van der Waals surface area contributed by atoms with Crippen LogP contribution in [0.4, 0.5) is 34.3 Å². The largest absolute Gasteiger partial charge is 0.311 e. The number of rotatable bonds is 2. The van der Waals surface area contributed by atoms with Crippen LogP contribution in [-0.2, 0) is 27.1 Å². The molecule has 6 aromatic rings. The summed E-state index contributed by atoms with van der Waals surface area (Å²) in [5.74, 6) is 1.05. The predicted molar refractivity (Wildman–Crippen MR) is 245 cm³/mol. The molecule has 5 heteroatoms. The van der Waals surface area contributed by atoms with E-state index in [1.165, 1.54) is 82.0 Å². The molecule has 2 aliphatic heterocycles. The summed E-state index contributed by atoms with van der Waals surface area (Å²) in [6.45, 7) is 32.8. The smallest absolute Gasteiger partial charge is 0.266 e. The first kappa shape index (κ1) is 37.2. The first-order valence-corrected chi connectivity index (χ1v) is 21.4. The second-order valence-electron chi connectivity index (χ2n) is 21.4. The summed E-state index contributed by atoms with van der Waals surface area (Å²) in [5, 5.41) is 1.32. The number of hydrogen-bond acceptors (Lipinski definition) is 4. The average molecular weight is 756 g/mol. The quantitative estimate of drug-likeness (QED) is 0.164. The Kier molecular flexibility index (Phi) is 7.88. The Hall–Kier alpha value is -4.35. The fourth-order valence-electron chi connectivity index (χ4n) is 10.2. The molecule has 3 aliphatic rings. The van der Waals surface area contributed by atoms with E-state index in [1.807, 2.05) is 11.3 Å². The Balaban J connectivity index is 1.39. The van der Waals surface area contributed by atoms with Crippen LogP contribution >= 0.6 is 11.3 Å². The summed E-state index contributed by atoms with van der Waals surface area (Å²) in [4.78, 5) is 10.7. The van der Waals surface area contributed by atoms with Gasteiger partial charge in [-0.15, -0.1) is 11.3 Å². The summed E-state index contributed by atoms with van der Waals surface area (Å²) in [6.07, 6.45) is 1.14. The highest BCUT2D eigenvalue weighted by Gasteiger charge is 2.48. The number of aryl methyl sites for hydroxylation is 1. The van der Waals surface area contributed by atoms with Gasteiger partial charge < -0.3 is 4.90 Å². The second-order valence-corrected chi connectivity index (χ2v) is 22.5.